The molecule has 0 fully saturated rings. The van der Waals surface area contributed by atoms with E-state index in [1.807, 2.05) is 0 Å². The quantitative estimate of drug-likeness (QED) is 0.221. The van der Waals surface area contributed by atoms with Gasteiger partial charge in [-0.05, 0) is 10.8 Å². The number of benzene rings is 3. The van der Waals surface area contributed by atoms with Gasteiger partial charge in [0.25, 0.3) is 0 Å². The van der Waals surface area contributed by atoms with Gasteiger partial charge in [-0.1, -0.05) is 123 Å². The summed E-state index contributed by atoms with van der Waals surface area (Å²) in [6, 6.07) is 24.8. The van der Waals surface area contributed by atoms with Crippen molar-refractivity contribution >= 4 is 24.8 Å². The van der Waals surface area contributed by atoms with Gasteiger partial charge in [-0.15, -0.1) is 39.7 Å². The molecule has 1 aliphatic carbocycles. The molecule has 1 aliphatic rings. The van der Waals surface area contributed by atoms with Crippen LogP contribution in [-0.2, 0) is 35.1 Å². The fourth-order valence-corrected chi connectivity index (χ4v) is 5.79. The van der Waals surface area contributed by atoms with Crippen molar-refractivity contribution in [2.45, 2.75) is 101 Å². The predicted molar refractivity (Wildman–Crippen MR) is 185 cm³/mol. The maximum Gasteiger partial charge on any atom is -1.00 e. The molecule has 0 aromatic heterocycles. The number of allylic oxidation sites excluding steroid dienone is 4. The van der Waals surface area contributed by atoms with E-state index in [2.05, 4.69) is 169 Å². The van der Waals surface area contributed by atoms with E-state index in [9.17, 15) is 0 Å². The van der Waals surface area contributed by atoms with Gasteiger partial charge in [-0.2, -0.15) is 11.6 Å². The Morgan fingerprint density at radius 1 is 0.682 bits per heavy atom. The molecular formula is C41H52Cl2Zr-2. The number of fused-ring (bicyclic) bond motifs is 3. The Morgan fingerprint density at radius 3 is 1.41 bits per heavy atom. The molecule has 1 unspecified atom stereocenters. The van der Waals surface area contributed by atoms with Crippen molar-refractivity contribution in [3.8, 4) is 0 Å². The van der Waals surface area contributed by atoms with Crippen LogP contribution in [-0.4, -0.2) is 3.21 Å². The van der Waals surface area contributed by atoms with Crippen molar-refractivity contribution in [3.05, 3.63) is 112 Å². The largest absolute Gasteiger partial charge is 1.00 e. The monoisotopic (exact) mass is 704 g/mol. The first-order chi connectivity index (χ1) is 19.3. The Kier molecular flexibility index (Phi) is 14.5. The van der Waals surface area contributed by atoms with Crippen LogP contribution >= 0.6 is 0 Å². The van der Waals surface area contributed by atoms with Crippen LogP contribution in [0, 0.1) is 24.3 Å². The predicted octanol–water partition coefficient (Wildman–Crippen LogP) is 5.76. The first kappa shape index (κ1) is 40.4. The molecule has 0 radical (unpaired) electrons. The second-order valence-electron chi connectivity index (χ2n) is 15.1. The van der Waals surface area contributed by atoms with Gasteiger partial charge in [0, 0.05) is 0 Å². The summed E-state index contributed by atoms with van der Waals surface area (Å²) < 4.78 is 1.46. The van der Waals surface area contributed by atoms with Crippen molar-refractivity contribution in [1.82, 2.24) is 0 Å². The summed E-state index contributed by atoms with van der Waals surface area (Å²) in [7, 11) is 0. The summed E-state index contributed by atoms with van der Waals surface area (Å²) in [6.07, 6.45) is 5.71. The van der Waals surface area contributed by atoms with Crippen LogP contribution in [0.3, 0.4) is 0 Å². The first-order valence-corrected chi connectivity index (χ1v) is 16.6. The van der Waals surface area contributed by atoms with E-state index in [1.54, 1.807) is 0 Å². The average Bonchev–Trinajstić information content (AvgIpc) is 3.42. The summed E-state index contributed by atoms with van der Waals surface area (Å²) in [6.45, 7) is 29.0. The molecule has 236 valence electrons. The maximum atomic E-state index is 3.40. The Balaban J connectivity index is 0.000000358. The summed E-state index contributed by atoms with van der Waals surface area (Å²) in [4.78, 5) is 0. The van der Waals surface area contributed by atoms with E-state index in [0.717, 1.165) is 0 Å². The molecule has 0 bridgehead atoms. The minimum Gasteiger partial charge on any atom is -1.00 e. The molecule has 0 amide bonds. The van der Waals surface area contributed by atoms with Gasteiger partial charge in [0.1, 0.15) is 0 Å². The molecule has 0 N–H and O–H groups in total. The Hall–Kier alpha value is -1.66. The molecule has 5 rings (SSSR count). The minimum absolute atomic E-state index is 0. The van der Waals surface area contributed by atoms with E-state index < -0.39 is 0 Å². The minimum atomic E-state index is 0. The number of rotatable bonds is 1. The third kappa shape index (κ3) is 10.7. The van der Waals surface area contributed by atoms with E-state index in [-0.39, 0.29) is 35.6 Å². The third-order valence-electron chi connectivity index (χ3n) is 8.00. The maximum absolute atomic E-state index is 3.40. The molecule has 0 nitrogen and oxygen atoms in total. The van der Waals surface area contributed by atoms with Crippen molar-refractivity contribution in [3.63, 3.8) is 0 Å². The van der Waals surface area contributed by atoms with Crippen molar-refractivity contribution in [2.24, 2.45) is 11.3 Å². The molecule has 0 spiro atoms. The van der Waals surface area contributed by atoms with E-state index in [1.165, 1.54) is 82.4 Å². The molecule has 0 aliphatic heterocycles. The van der Waals surface area contributed by atoms with Crippen LogP contribution in [0.25, 0.3) is 21.5 Å². The van der Waals surface area contributed by atoms with Crippen LogP contribution in [0.2, 0.25) is 0 Å². The molecule has 4 aromatic carbocycles. The number of halogens is 2. The first-order valence-electron chi connectivity index (χ1n) is 15.4. The smallest absolute Gasteiger partial charge is 1.00 e. The van der Waals surface area contributed by atoms with Crippen molar-refractivity contribution in [2.75, 3.05) is 0 Å². The molecule has 0 saturated heterocycles. The summed E-state index contributed by atoms with van der Waals surface area (Å²) in [5, 5.41) is 5.49. The van der Waals surface area contributed by atoms with Gasteiger partial charge < -0.3 is 24.8 Å². The molecule has 0 saturated carbocycles. The molecule has 0 heterocycles. The topological polar surface area (TPSA) is 0 Å². The SMILES string of the molecule is CC(C)(C)c1ccc2[cH-]c3ccc(C(C)(C)C)cc3c2c1.CC1=[C-]C(C)C=C1C(C)(C)C.C[C](=[Zr+2])c1ccc(C)cc1.[Cl-].[Cl-]. The zero-order chi connectivity index (χ0) is 31.6. The molecular weight excluding hydrogens is 655 g/mol. The van der Waals surface area contributed by atoms with Crippen LogP contribution in [0.15, 0.2) is 84.0 Å². The van der Waals surface area contributed by atoms with Gasteiger partial charge in [-0.3, -0.25) is 6.08 Å². The average molecular weight is 707 g/mol. The van der Waals surface area contributed by atoms with Gasteiger partial charge in [0.15, 0.2) is 0 Å². The normalized spacial score (nSPS) is 14.8. The van der Waals surface area contributed by atoms with Gasteiger partial charge >= 0.3 is 76.7 Å². The van der Waals surface area contributed by atoms with E-state index >= 15 is 0 Å². The second kappa shape index (κ2) is 15.8. The molecule has 4 aromatic rings. The Labute approximate surface area is 296 Å². The standard InChI is InChI=1S/C21H25.C11H17.C9H10.2ClH.Zr/c1-20(2,3)16-9-7-14-11-15-8-10-17(21(4,5)6)13-19(15)18(14)12-16;1-8-6-9(2)10(7-8)11(3,4)5;1-3-9-6-4-8(2)5-7-9;;;/h7-13H,1-6H3;7-8H,1-5H3;4-7H,1-2H3;2*1H;/q2*-1;;;;+2/p-2. The second-order valence-corrected chi connectivity index (χ2v) is 17.0. The van der Waals surface area contributed by atoms with Crippen LogP contribution in [0.5, 0.6) is 0 Å². The third-order valence-corrected chi connectivity index (χ3v) is 8.71. The zero-order valence-electron chi connectivity index (χ0n) is 29.3. The van der Waals surface area contributed by atoms with Crippen LogP contribution in [0.4, 0.5) is 0 Å². The Bertz CT molecular complexity index is 1540. The fraction of sp³-hybridized carbons (Fsp3) is 0.415. The van der Waals surface area contributed by atoms with Crippen molar-refractivity contribution in [1.29, 1.82) is 0 Å². The summed E-state index contributed by atoms with van der Waals surface area (Å²) in [5.74, 6) is 0.518. The number of hydrogen-bond donors (Lipinski definition) is 0. The van der Waals surface area contributed by atoms with E-state index in [0.29, 0.717) is 11.3 Å². The zero-order valence-corrected chi connectivity index (χ0v) is 33.2. The van der Waals surface area contributed by atoms with Gasteiger partial charge in [0.05, 0.1) is 0 Å². The molecule has 44 heavy (non-hydrogen) atoms. The number of hydrogen-bond acceptors (Lipinski definition) is 0. The summed E-state index contributed by atoms with van der Waals surface area (Å²) >= 11 is 1.51. The van der Waals surface area contributed by atoms with Gasteiger partial charge in [0.2, 0.25) is 0 Å². The van der Waals surface area contributed by atoms with Gasteiger partial charge in [-0.25, -0.2) is 5.57 Å². The Morgan fingerprint density at radius 2 is 1.11 bits per heavy atom. The fourth-order valence-electron chi connectivity index (χ4n) is 5.38. The van der Waals surface area contributed by atoms with Crippen LogP contribution in [0.1, 0.15) is 105 Å². The molecule has 1 atom stereocenters. The van der Waals surface area contributed by atoms with Crippen LogP contribution < -0.4 is 24.8 Å². The van der Waals surface area contributed by atoms with E-state index in [4.69, 9.17) is 0 Å². The molecule has 3 heteroatoms. The van der Waals surface area contributed by atoms with Crippen molar-refractivity contribution < 1.29 is 49.0 Å². The summed E-state index contributed by atoms with van der Waals surface area (Å²) in [5.41, 5.74) is 9.01. The number of aryl methyl sites for hydroxylation is 1.